The minimum Gasteiger partial charge on any atom is -0.489 e. The number of hydrogen-bond acceptors (Lipinski definition) is 10. The Bertz CT molecular complexity index is 1490. The van der Waals surface area contributed by atoms with Crippen molar-refractivity contribution < 1.29 is 33.3 Å². The van der Waals surface area contributed by atoms with Crippen LogP contribution in [0.2, 0.25) is 0 Å². The Balaban J connectivity index is 1.41. The van der Waals surface area contributed by atoms with Crippen LogP contribution in [-0.4, -0.2) is 72.8 Å². The normalized spacial score (nSPS) is 19.4. The van der Waals surface area contributed by atoms with Crippen molar-refractivity contribution in [3.05, 3.63) is 88.1 Å². The molecule has 2 unspecified atom stereocenters. The summed E-state index contributed by atoms with van der Waals surface area (Å²) in [5.41, 5.74) is 3.49. The number of thioether (sulfide) groups is 1. The van der Waals surface area contributed by atoms with Crippen LogP contribution >= 0.6 is 11.8 Å². The number of amides is 1. The van der Waals surface area contributed by atoms with Crippen LogP contribution < -0.4 is 4.74 Å². The molecule has 0 bridgehead atoms. The number of carbonyl (C=O) groups excluding carboxylic acids is 3. The highest BCUT2D eigenvalue weighted by atomic mass is 32.2. The fourth-order valence-electron chi connectivity index (χ4n) is 5.68. The van der Waals surface area contributed by atoms with Gasteiger partial charge in [0.1, 0.15) is 19.0 Å². The molecule has 3 aliphatic rings. The van der Waals surface area contributed by atoms with Crippen LogP contribution in [0, 0.1) is 5.92 Å². The maximum atomic E-state index is 13.6. The Hall–Kier alpha value is -4.09. The molecule has 0 radical (unpaired) electrons. The second-order valence-electron chi connectivity index (χ2n) is 11.0. The number of esters is 2. The van der Waals surface area contributed by atoms with Crippen LogP contribution in [0.3, 0.4) is 0 Å². The van der Waals surface area contributed by atoms with Crippen molar-refractivity contribution in [2.24, 2.45) is 10.9 Å². The number of rotatable bonds is 12. The van der Waals surface area contributed by atoms with E-state index in [1.807, 2.05) is 64.9 Å². The van der Waals surface area contributed by atoms with Crippen molar-refractivity contribution in [1.29, 1.82) is 0 Å². The molecule has 0 N–H and O–H groups in total. The van der Waals surface area contributed by atoms with E-state index in [0.717, 1.165) is 23.2 Å². The highest BCUT2D eigenvalue weighted by Gasteiger charge is 2.42. The van der Waals surface area contributed by atoms with E-state index in [1.165, 1.54) is 11.8 Å². The number of amidine groups is 1. The summed E-state index contributed by atoms with van der Waals surface area (Å²) >= 11 is 1.42. The van der Waals surface area contributed by atoms with Crippen molar-refractivity contribution in [1.82, 2.24) is 9.80 Å². The van der Waals surface area contributed by atoms with Gasteiger partial charge in [0.25, 0.3) is 0 Å². The fraction of sp³-hybridized carbons (Fsp3) is 0.412. The maximum Gasteiger partial charge on any atom is 0.338 e. The molecular weight excluding hydrogens is 594 g/mol. The van der Waals surface area contributed by atoms with Gasteiger partial charge >= 0.3 is 11.9 Å². The van der Waals surface area contributed by atoms with E-state index >= 15 is 0 Å². The molecule has 45 heavy (non-hydrogen) atoms. The number of fused-ring (bicyclic) bond motifs is 1. The molecule has 2 atom stereocenters. The Morgan fingerprint density at radius 2 is 1.87 bits per heavy atom. The zero-order chi connectivity index (χ0) is 31.8. The van der Waals surface area contributed by atoms with Gasteiger partial charge < -0.3 is 28.7 Å². The number of hydrogen-bond donors (Lipinski definition) is 0. The quantitative estimate of drug-likeness (QED) is 0.230. The molecule has 0 saturated carbocycles. The number of carbonyl (C=O) groups is 3. The molecule has 1 amide bonds. The lowest BCUT2D eigenvalue weighted by molar-refractivity contribution is -0.151. The molecule has 5 rings (SSSR count). The van der Waals surface area contributed by atoms with Crippen molar-refractivity contribution >= 4 is 34.8 Å². The Morgan fingerprint density at radius 1 is 1.04 bits per heavy atom. The summed E-state index contributed by atoms with van der Waals surface area (Å²) in [5, 5.41) is 2.59. The third-order valence-electron chi connectivity index (χ3n) is 7.89. The van der Waals surface area contributed by atoms with E-state index in [2.05, 4.69) is 0 Å². The van der Waals surface area contributed by atoms with Crippen LogP contribution in [-0.2, 0) is 35.2 Å². The smallest absolute Gasteiger partial charge is 0.338 e. The third-order valence-corrected chi connectivity index (χ3v) is 8.78. The largest absolute Gasteiger partial charge is 0.489 e. The van der Waals surface area contributed by atoms with Crippen LogP contribution in [0.4, 0.5) is 0 Å². The summed E-state index contributed by atoms with van der Waals surface area (Å²) in [7, 11) is 1.55. The highest BCUT2D eigenvalue weighted by molar-refractivity contribution is 8.16. The number of likely N-dealkylation sites (tertiary alicyclic amines) is 1. The van der Waals surface area contributed by atoms with Crippen molar-refractivity contribution in [2.75, 3.05) is 40.0 Å². The van der Waals surface area contributed by atoms with Gasteiger partial charge in [0.15, 0.2) is 5.17 Å². The standard InChI is InChI=1S/C34H39N3O7S/c1-4-42-32(39)26-13-9-15-36(20-26)29(38)19-27-22-45-34-35-23(2)30(33(40)43-17-16-41-3)31(37(27)34)25-12-8-14-28(18-25)44-21-24-10-6-5-7-11-24/h5-8,10-12,14,18,22,26,31H,4,9,13,15-17,19-21H2,1-3H3. The Kier molecular flexibility index (Phi) is 11.0. The fourth-order valence-corrected chi connectivity index (χ4v) is 6.64. The van der Waals surface area contributed by atoms with E-state index in [0.29, 0.717) is 54.9 Å². The number of nitrogens with zero attached hydrogens (tertiary/aromatic N) is 3. The van der Waals surface area contributed by atoms with Gasteiger partial charge in [0, 0.05) is 25.9 Å². The first kappa shape index (κ1) is 32.3. The van der Waals surface area contributed by atoms with Gasteiger partial charge in [-0.05, 0) is 55.4 Å². The Labute approximate surface area is 268 Å². The maximum absolute atomic E-state index is 13.6. The van der Waals surface area contributed by atoms with E-state index in [4.69, 9.17) is 23.9 Å². The molecule has 2 aromatic carbocycles. The summed E-state index contributed by atoms with van der Waals surface area (Å²) in [6.07, 6.45) is 1.53. The van der Waals surface area contributed by atoms with E-state index in [9.17, 15) is 14.4 Å². The average Bonchev–Trinajstić information content (AvgIpc) is 3.45. The van der Waals surface area contributed by atoms with Gasteiger partial charge in [0.2, 0.25) is 5.91 Å². The molecule has 3 aliphatic heterocycles. The number of piperidine rings is 1. The first-order valence-electron chi connectivity index (χ1n) is 15.2. The number of ether oxygens (including phenoxy) is 4. The van der Waals surface area contributed by atoms with Gasteiger partial charge in [-0.3, -0.25) is 9.59 Å². The number of aliphatic imine (C=N–C) groups is 1. The van der Waals surface area contributed by atoms with Crippen molar-refractivity contribution in [3.63, 3.8) is 0 Å². The first-order valence-corrected chi connectivity index (χ1v) is 16.1. The Morgan fingerprint density at radius 3 is 2.64 bits per heavy atom. The summed E-state index contributed by atoms with van der Waals surface area (Å²) in [4.78, 5) is 48.1. The zero-order valence-corrected chi connectivity index (χ0v) is 26.7. The minimum atomic E-state index is -0.601. The molecule has 0 spiro atoms. The van der Waals surface area contributed by atoms with E-state index < -0.39 is 12.0 Å². The summed E-state index contributed by atoms with van der Waals surface area (Å²) in [5.74, 6) is -0.526. The van der Waals surface area contributed by atoms with Gasteiger partial charge in [-0.2, -0.15) is 0 Å². The van der Waals surface area contributed by atoms with Crippen molar-refractivity contribution in [3.8, 4) is 5.75 Å². The van der Waals surface area contributed by atoms with E-state index in [-0.39, 0.29) is 37.4 Å². The van der Waals surface area contributed by atoms with Crippen LogP contribution in [0.1, 0.15) is 50.3 Å². The molecule has 11 heteroatoms. The summed E-state index contributed by atoms with van der Waals surface area (Å²) in [6, 6.07) is 16.9. The van der Waals surface area contributed by atoms with Crippen LogP contribution in [0.5, 0.6) is 5.75 Å². The van der Waals surface area contributed by atoms with Crippen molar-refractivity contribution in [2.45, 2.75) is 45.8 Å². The molecule has 3 heterocycles. The predicted octanol–water partition coefficient (Wildman–Crippen LogP) is 5.22. The summed E-state index contributed by atoms with van der Waals surface area (Å²) < 4.78 is 22.1. The lowest BCUT2D eigenvalue weighted by atomic mass is 9.93. The van der Waals surface area contributed by atoms with Gasteiger partial charge in [0.05, 0.1) is 42.9 Å². The van der Waals surface area contributed by atoms with E-state index in [1.54, 1.807) is 25.9 Å². The van der Waals surface area contributed by atoms with Crippen LogP contribution in [0.25, 0.3) is 0 Å². The molecule has 10 nitrogen and oxygen atoms in total. The minimum absolute atomic E-state index is 0.0906. The molecule has 0 aromatic heterocycles. The number of methoxy groups -OCH3 is 1. The van der Waals surface area contributed by atoms with Crippen LogP contribution in [0.15, 0.2) is 82.0 Å². The zero-order valence-electron chi connectivity index (χ0n) is 25.9. The average molecular weight is 634 g/mol. The molecule has 1 saturated heterocycles. The summed E-state index contributed by atoms with van der Waals surface area (Å²) in [6.45, 7) is 5.57. The number of benzene rings is 2. The molecule has 0 aliphatic carbocycles. The number of allylic oxidation sites excluding steroid dienone is 1. The van der Waals surface area contributed by atoms with Gasteiger partial charge in [-0.15, -0.1) is 0 Å². The first-order chi connectivity index (χ1) is 21.9. The topological polar surface area (TPSA) is 107 Å². The monoisotopic (exact) mass is 633 g/mol. The SMILES string of the molecule is CCOC(=O)C1CCCN(C(=O)CC2=CSC3=NC(C)=C(C(=O)OCCOC)C(c4cccc(OCc5ccccc5)c4)N23)C1. The lowest BCUT2D eigenvalue weighted by Gasteiger charge is -2.37. The third kappa shape index (κ3) is 7.77. The van der Waals surface area contributed by atoms with Gasteiger partial charge in [-0.25, -0.2) is 9.79 Å². The molecule has 238 valence electrons. The second kappa shape index (κ2) is 15.3. The molecule has 1 fully saturated rings. The molecule has 2 aromatic rings. The highest BCUT2D eigenvalue weighted by Crippen LogP contribution is 2.45. The van der Waals surface area contributed by atoms with Gasteiger partial charge in [-0.1, -0.05) is 54.2 Å². The predicted molar refractivity (Wildman–Crippen MR) is 171 cm³/mol. The lowest BCUT2D eigenvalue weighted by Crippen LogP contribution is -2.44. The molecular formula is C34H39N3O7S. The second-order valence-corrected chi connectivity index (χ2v) is 11.8.